The van der Waals surface area contributed by atoms with Crippen LogP contribution in [-0.2, 0) is 4.94 Å². The van der Waals surface area contributed by atoms with Gasteiger partial charge in [-0.25, -0.2) is 8.78 Å². The minimum Gasteiger partial charge on any atom is -0.331 e. The standard InChI is InChI=1S/C3H2F6O.C3H3F5O.Rf/c4-1-2(5,10-9)3(6,7)8;4-1-2(5,6)3(7,8)9;/h1H2;9H,1H2;. The number of hydrogen-bond acceptors (Lipinski definition) is 2. The Morgan fingerprint density at radius 2 is 1.15 bits per heavy atom. The molecule has 0 saturated heterocycles. The van der Waals surface area contributed by atoms with Crippen LogP contribution >= 0.6 is 0 Å². The van der Waals surface area contributed by atoms with Crippen molar-refractivity contribution in [2.45, 2.75) is 24.1 Å². The molecule has 0 aromatic heterocycles. The molecular weight excluding hydrogens is 580 g/mol. The Kier molecular flexibility index (Phi) is 8.22. The van der Waals surface area contributed by atoms with Gasteiger partial charge in [-0.2, -0.15) is 35.1 Å². The van der Waals surface area contributed by atoms with Crippen LogP contribution in [0.3, 0.4) is 0 Å². The predicted octanol–water partition coefficient (Wildman–Crippen LogP) is 3.26. The van der Waals surface area contributed by atoms with Gasteiger partial charge in [0, 0.05) is 0 Å². The van der Waals surface area contributed by atoms with Gasteiger partial charge < -0.3 is 5.11 Å². The summed E-state index contributed by atoms with van der Waals surface area (Å²) in [5, 5.41) is 7.22. The quantitative estimate of drug-likeness (QED) is 0.514. The third-order valence-electron chi connectivity index (χ3n) is 1.33. The molecule has 0 aromatic rings. The molecule has 0 spiro atoms. The van der Waals surface area contributed by atoms with Crippen LogP contribution in [0.5, 0.6) is 0 Å². The largest absolute Gasteiger partial charge is 0.454 e. The Bertz CT molecular complexity index is 259. The van der Waals surface area contributed by atoms with Crippen LogP contribution in [0.2, 0.25) is 0 Å². The maximum Gasteiger partial charge on any atom is 0.454 e. The summed E-state index contributed by atoms with van der Waals surface area (Å²) in [7, 11) is 0. The summed E-state index contributed by atoms with van der Waals surface area (Å²) in [4.78, 5) is 1.78. The van der Waals surface area contributed by atoms with E-state index in [1.807, 2.05) is 0 Å². The SMILES string of the molecule is FCC(F)(OF)C(F)(F)F.OC(F)(F)C(F)(F)CF.[Rf]. The summed E-state index contributed by atoms with van der Waals surface area (Å²) in [6.45, 7) is -5.18. The molecule has 0 bridgehead atoms. The second-order valence-corrected chi connectivity index (χ2v) is 2.82. The monoisotopic (exact) mass is 585 g/mol. The molecular formula is C6H5F11O2Rf. The molecule has 0 aliphatic carbocycles. The third kappa shape index (κ3) is 5.86. The van der Waals surface area contributed by atoms with Gasteiger partial charge in [0.25, 0.3) is 0 Å². The first kappa shape index (κ1) is 23.3. The van der Waals surface area contributed by atoms with E-state index in [4.69, 9.17) is 5.11 Å². The predicted molar refractivity (Wildman–Crippen MR) is 36.1 cm³/mol. The topological polar surface area (TPSA) is 29.5 Å². The number of halogens is 11. The molecule has 0 radical (unpaired) electrons. The first-order valence-corrected chi connectivity index (χ1v) is 3.84. The molecule has 0 fully saturated rings. The Morgan fingerprint density at radius 1 is 0.800 bits per heavy atom. The minimum absolute atomic E-state index is 0. The van der Waals surface area contributed by atoms with Crippen molar-refractivity contribution in [1.82, 2.24) is 0 Å². The van der Waals surface area contributed by atoms with E-state index in [1.54, 1.807) is 4.94 Å². The van der Waals surface area contributed by atoms with Crippen molar-refractivity contribution < 1.29 is 58.5 Å². The van der Waals surface area contributed by atoms with Gasteiger partial charge in [0.2, 0.25) is 0 Å². The summed E-state index contributed by atoms with van der Waals surface area (Å²) in [6.07, 6.45) is -10.9. The van der Waals surface area contributed by atoms with Crippen molar-refractivity contribution in [3.05, 3.63) is 0 Å². The van der Waals surface area contributed by atoms with Gasteiger partial charge in [0.05, 0.1) is 0 Å². The first-order valence-electron chi connectivity index (χ1n) is 3.84. The second kappa shape index (κ2) is 7.07. The fraction of sp³-hybridized carbons (Fsp3) is 1.00. The van der Waals surface area contributed by atoms with E-state index in [-0.39, 0.29) is 0 Å². The van der Waals surface area contributed by atoms with Crippen molar-refractivity contribution >= 4 is 0 Å². The van der Waals surface area contributed by atoms with Crippen LogP contribution in [0.1, 0.15) is 0 Å². The molecule has 0 amide bonds. The molecule has 2 nitrogen and oxygen atoms in total. The molecule has 1 N–H and O–H groups in total. The maximum atomic E-state index is 11.7. The molecule has 0 aliphatic heterocycles. The fourth-order valence-corrected chi connectivity index (χ4v) is 0.221. The second-order valence-electron chi connectivity index (χ2n) is 2.82. The Hall–Kier alpha value is -1.85. The molecule has 0 rings (SSSR count). The van der Waals surface area contributed by atoms with Gasteiger partial charge in [0.1, 0.15) is 0 Å². The van der Waals surface area contributed by atoms with Gasteiger partial charge in [-0.1, -0.05) is 0 Å². The van der Waals surface area contributed by atoms with Gasteiger partial charge in [-0.15, -0.1) is 4.94 Å². The summed E-state index contributed by atoms with van der Waals surface area (Å²) >= 11 is 0. The van der Waals surface area contributed by atoms with E-state index >= 15 is 0 Å². The molecule has 20 heavy (non-hydrogen) atoms. The van der Waals surface area contributed by atoms with E-state index < -0.39 is 37.4 Å². The zero-order valence-electron chi connectivity index (χ0n) is 9.13. The van der Waals surface area contributed by atoms with Crippen molar-refractivity contribution in [2.24, 2.45) is 0 Å². The third-order valence-corrected chi connectivity index (χ3v) is 1.33. The molecule has 1 atom stereocenters. The van der Waals surface area contributed by atoms with Gasteiger partial charge >= 0.3 is 24.1 Å². The van der Waals surface area contributed by atoms with Crippen LogP contribution < -0.4 is 0 Å². The Labute approximate surface area is 97.2 Å². The summed E-state index contributed by atoms with van der Waals surface area (Å²) in [5.74, 6) is -9.78. The van der Waals surface area contributed by atoms with E-state index in [9.17, 15) is 48.4 Å². The van der Waals surface area contributed by atoms with Crippen molar-refractivity contribution in [3.8, 4) is 0 Å². The Balaban J connectivity index is -0.000000277. The molecule has 0 aliphatic rings. The van der Waals surface area contributed by atoms with Crippen LogP contribution in [0.4, 0.5) is 48.4 Å². The van der Waals surface area contributed by atoms with Crippen molar-refractivity contribution in [2.75, 3.05) is 13.3 Å². The molecule has 120 valence electrons. The number of rotatable bonds is 4. The van der Waals surface area contributed by atoms with Crippen molar-refractivity contribution in [3.63, 3.8) is 0 Å². The summed E-state index contributed by atoms with van der Waals surface area (Å²) in [5.41, 5.74) is 0. The average molecular weight is 585 g/mol. The normalized spacial score (nSPS) is 15.6. The van der Waals surface area contributed by atoms with Crippen LogP contribution in [0.25, 0.3) is 0 Å². The van der Waals surface area contributed by atoms with E-state index in [0.29, 0.717) is 0 Å². The Morgan fingerprint density at radius 3 is 1.15 bits per heavy atom. The van der Waals surface area contributed by atoms with Crippen LogP contribution in [0.15, 0.2) is 0 Å². The zero-order valence-corrected chi connectivity index (χ0v) is 15.5. The van der Waals surface area contributed by atoms with Crippen LogP contribution in [-0.4, -0.2) is 42.5 Å². The van der Waals surface area contributed by atoms with Gasteiger partial charge in [-0.05, 0) is 4.53 Å². The molecule has 14 heteroatoms. The van der Waals surface area contributed by atoms with E-state index in [1.165, 1.54) is 0 Å². The zero-order chi connectivity index (χ0) is 16.1. The molecule has 0 saturated carbocycles. The first-order chi connectivity index (χ1) is 8.18. The summed E-state index contributed by atoms with van der Waals surface area (Å²) in [6, 6.07) is 0. The molecule has 0 heterocycles. The number of aliphatic hydroxyl groups is 1. The number of alkyl halides is 10. The average Bonchev–Trinajstić information content (AvgIpc) is 2.25. The summed E-state index contributed by atoms with van der Waals surface area (Å²) < 4.78 is 122. The molecule has 0 aromatic carbocycles. The van der Waals surface area contributed by atoms with E-state index in [2.05, 4.69) is 0 Å². The van der Waals surface area contributed by atoms with E-state index in [0.717, 1.165) is 0 Å². The smallest absolute Gasteiger partial charge is 0.331 e. The fourth-order valence-electron chi connectivity index (χ4n) is 0.221. The number of hydrogen-bond donors (Lipinski definition) is 1. The van der Waals surface area contributed by atoms with Gasteiger partial charge in [0.15, 0.2) is 13.3 Å². The van der Waals surface area contributed by atoms with Gasteiger partial charge in [-0.3, -0.25) is 0 Å². The van der Waals surface area contributed by atoms with Crippen LogP contribution in [0, 0.1) is 0 Å². The minimum atomic E-state index is -5.68. The van der Waals surface area contributed by atoms with Crippen molar-refractivity contribution in [1.29, 1.82) is 0 Å². The maximum absolute atomic E-state index is 11.7. The molecule has 1 unspecified atom stereocenters.